The summed E-state index contributed by atoms with van der Waals surface area (Å²) in [7, 11) is 0. The van der Waals surface area contributed by atoms with E-state index in [1.165, 1.54) is 13.0 Å². The fourth-order valence-corrected chi connectivity index (χ4v) is 1.69. The maximum Gasteiger partial charge on any atom is 0.417 e. The van der Waals surface area contributed by atoms with Crippen LogP contribution in [0, 0.1) is 17.2 Å². The highest BCUT2D eigenvalue weighted by Gasteiger charge is 2.35. The molecular formula is C14H12F3NO3. The van der Waals surface area contributed by atoms with Gasteiger partial charge in [-0.1, -0.05) is 18.2 Å². The summed E-state index contributed by atoms with van der Waals surface area (Å²) in [6.07, 6.45) is -5.33. The number of alkyl halides is 3. The molecule has 1 aromatic rings. The summed E-state index contributed by atoms with van der Waals surface area (Å²) < 4.78 is 43.0. The smallest absolute Gasteiger partial charge is 0.417 e. The van der Waals surface area contributed by atoms with E-state index in [1.54, 1.807) is 6.07 Å². The molecule has 0 saturated heterocycles. The minimum absolute atomic E-state index is 0.0182. The molecule has 1 unspecified atom stereocenters. The first kappa shape index (κ1) is 16.7. The lowest BCUT2D eigenvalue weighted by atomic mass is 9.95. The standard InChI is InChI=1S/C14H12F3NO3/c1-2-21-13(20)9(8-18)7-12(19)10-5-3-4-6-11(10)14(15,16)17/h3-6,9H,2,7H2,1H3. The number of halogens is 3. The lowest BCUT2D eigenvalue weighted by molar-refractivity contribution is -0.145. The number of carbonyl (C=O) groups is 2. The van der Waals surface area contributed by atoms with Gasteiger partial charge in [-0.05, 0) is 13.0 Å². The molecule has 21 heavy (non-hydrogen) atoms. The lowest BCUT2D eigenvalue weighted by Crippen LogP contribution is -2.21. The van der Waals surface area contributed by atoms with E-state index in [-0.39, 0.29) is 6.61 Å². The van der Waals surface area contributed by atoms with Gasteiger partial charge in [0.15, 0.2) is 11.7 Å². The largest absolute Gasteiger partial charge is 0.465 e. The van der Waals surface area contributed by atoms with Crippen molar-refractivity contribution < 1.29 is 27.5 Å². The number of nitrogens with zero attached hydrogens (tertiary/aromatic N) is 1. The molecule has 0 aliphatic heterocycles. The number of Topliss-reactive ketones (excluding diaryl/α,β-unsaturated/α-hetero) is 1. The molecule has 0 aliphatic rings. The van der Waals surface area contributed by atoms with Gasteiger partial charge in [-0.3, -0.25) is 9.59 Å². The van der Waals surface area contributed by atoms with Gasteiger partial charge in [0, 0.05) is 12.0 Å². The number of esters is 1. The molecule has 0 heterocycles. The molecule has 0 spiro atoms. The molecule has 112 valence electrons. The number of hydrogen-bond donors (Lipinski definition) is 0. The number of rotatable bonds is 5. The van der Waals surface area contributed by atoms with Gasteiger partial charge in [0.25, 0.3) is 0 Å². The normalized spacial score (nSPS) is 12.3. The summed E-state index contributed by atoms with van der Waals surface area (Å²) in [6, 6.07) is 5.81. The highest BCUT2D eigenvalue weighted by atomic mass is 19.4. The van der Waals surface area contributed by atoms with Gasteiger partial charge >= 0.3 is 12.1 Å². The Bertz CT molecular complexity index is 576. The molecule has 0 N–H and O–H groups in total. The van der Waals surface area contributed by atoms with Gasteiger partial charge < -0.3 is 4.74 Å². The van der Waals surface area contributed by atoms with Gasteiger partial charge in [-0.2, -0.15) is 18.4 Å². The van der Waals surface area contributed by atoms with Crippen molar-refractivity contribution in [1.82, 2.24) is 0 Å². The van der Waals surface area contributed by atoms with Crippen molar-refractivity contribution in [2.24, 2.45) is 5.92 Å². The maximum absolute atomic E-state index is 12.8. The average molecular weight is 299 g/mol. The van der Waals surface area contributed by atoms with Crippen LogP contribution in [0.1, 0.15) is 29.3 Å². The van der Waals surface area contributed by atoms with Crippen molar-refractivity contribution in [2.45, 2.75) is 19.5 Å². The molecule has 0 aromatic heterocycles. The maximum atomic E-state index is 12.8. The molecule has 0 radical (unpaired) electrons. The average Bonchev–Trinajstić information content (AvgIpc) is 2.43. The van der Waals surface area contributed by atoms with E-state index in [1.807, 2.05) is 0 Å². The summed E-state index contributed by atoms with van der Waals surface area (Å²) in [5.74, 6) is -3.26. The molecule has 0 amide bonds. The molecule has 1 atom stereocenters. The van der Waals surface area contributed by atoms with Crippen molar-refractivity contribution in [3.05, 3.63) is 35.4 Å². The summed E-state index contributed by atoms with van der Waals surface area (Å²) in [5.41, 5.74) is -1.65. The number of ether oxygens (including phenoxy) is 1. The second-order valence-corrected chi connectivity index (χ2v) is 4.10. The predicted molar refractivity (Wildman–Crippen MR) is 66.1 cm³/mol. The van der Waals surface area contributed by atoms with Crippen LogP contribution in [-0.2, 0) is 15.7 Å². The third-order valence-electron chi connectivity index (χ3n) is 2.65. The SMILES string of the molecule is CCOC(=O)C(C#N)CC(=O)c1ccccc1C(F)(F)F. The van der Waals surface area contributed by atoms with Gasteiger partial charge in [0.1, 0.15) is 0 Å². The fraction of sp³-hybridized carbons (Fsp3) is 0.357. The van der Waals surface area contributed by atoms with E-state index in [0.717, 1.165) is 18.2 Å². The Morgan fingerprint density at radius 2 is 1.95 bits per heavy atom. The zero-order valence-corrected chi connectivity index (χ0v) is 11.1. The Morgan fingerprint density at radius 3 is 2.48 bits per heavy atom. The van der Waals surface area contributed by atoms with Crippen LogP contribution in [0.5, 0.6) is 0 Å². The number of hydrogen-bond acceptors (Lipinski definition) is 4. The van der Waals surface area contributed by atoms with E-state index in [9.17, 15) is 22.8 Å². The third-order valence-corrected chi connectivity index (χ3v) is 2.65. The van der Waals surface area contributed by atoms with E-state index < -0.39 is 41.4 Å². The fourth-order valence-electron chi connectivity index (χ4n) is 1.69. The second-order valence-electron chi connectivity index (χ2n) is 4.10. The van der Waals surface area contributed by atoms with Crippen molar-refractivity contribution in [1.29, 1.82) is 5.26 Å². The number of carbonyl (C=O) groups excluding carboxylic acids is 2. The summed E-state index contributed by atoms with van der Waals surface area (Å²) >= 11 is 0. The van der Waals surface area contributed by atoms with Gasteiger partial charge in [-0.15, -0.1) is 0 Å². The molecule has 0 aliphatic carbocycles. The van der Waals surface area contributed by atoms with Crippen molar-refractivity contribution in [3.8, 4) is 6.07 Å². The Labute approximate surface area is 119 Å². The summed E-state index contributed by atoms with van der Waals surface area (Å²) in [6.45, 7) is 1.54. The second kappa shape index (κ2) is 6.88. The molecule has 4 nitrogen and oxygen atoms in total. The predicted octanol–water partition coefficient (Wildman–Crippen LogP) is 2.98. The van der Waals surface area contributed by atoms with Crippen LogP contribution in [0.15, 0.2) is 24.3 Å². The molecule has 0 fully saturated rings. The van der Waals surface area contributed by atoms with Crippen molar-refractivity contribution in [3.63, 3.8) is 0 Å². The first-order chi connectivity index (χ1) is 9.81. The van der Waals surface area contributed by atoms with Crippen LogP contribution in [0.25, 0.3) is 0 Å². The van der Waals surface area contributed by atoms with Crippen LogP contribution in [0.2, 0.25) is 0 Å². The number of nitriles is 1. The molecule has 1 rings (SSSR count). The van der Waals surface area contributed by atoms with Crippen LogP contribution < -0.4 is 0 Å². The Balaban J connectivity index is 3.00. The lowest BCUT2D eigenvalue weighted by Gasteiger charge is -2.13. The van der Waals surface area contributed by atoms with Crippen molar-refractivity contribution in [2.75, 3.05) is 6.61 Å². The highest BCUT2D eigenvalue weighted by molar-refractivity contribution is 6.00. The highest BCUT2D eigenvalue weighted by Crippen LogP contribution is 2.32. The summed E-state index contributed by atoms with van der Waals surface area (Å²) in [4.78, 5) is 23.3. The van der Waals surface area contributed by atoms with Crippen molar-refractivity contribution >= 4 is 11.8 Å². The minimum Gasteiger partial charge on any atom is -0.465 e. The van der Waals surface area contributed by atoms with E-state index >= 15 is 0 Å². The van der Waals surface area contributed by atoms with Crippen LogP contribution >= 0.6 is 0 Å². The van der Waals surface area contributed by atoms with Gasteiger partial charge in [0.2, 0.25) is 0 Å². The van der Waals surface area contributed by atoms with Gasteiger partial charge in [-0.25, -0.2) is 0 Å². The van der Waals surface area contributed by atoms with Gasteiger partial charge in [0.05, 0.1) is 18.2 Å². The van der Waals surface area contributed by atoms with Crippen LogP contribution in [0.3, 0.4) is 0 Å². The Morgan fingerprint density at radius 1 is 1.33 bits per heavy atom. The Hall–Kier alpha value is -2.36. The molecule has 7 heteroatoms. The number of ketones is 1. The molecule has 0 saturated carbocycles. The molecule has 0 bridgehead atoms. The van der Waals surface area contributed by atoms with Crippen LogP contribution in [-0.4, -0.2) is 18.4 Å². The topological polar surface area (TPSA) is 67.2 Å². The zero-order valence-electron chi connectivity index (χ0n) is 11.1. The van der Waals surface area contributed by atoms with E-state index in [2.05, 4.69) is 4.74 Å². The quantitative estimate of drug-likeness (QED) is 0.619. The molecular weight excluding hydrogens is 287 g/mol. The first-order valence-electron chi connectivity index (χ1n) is 6.07. The van der Waals surface area contributed by atoms with E-state index in [0.29, 0.717) is 0 Å². The number of benzene rings is 1. The Kier molecular flexibility index (Phi) is 5.47. The third kappa shape index (κ3) is 4.31. The van der Waals surface area contributed by atoms with E-state index in [4.69, 9.17) is 5.26 Å². The monoisotopic (exact) mass is 299 g/mol. The first-order valence-corrected chi connectivity index (χ1v) is 6.07. The van der Waals surface area contributed by atoms with Crippen LogP contribution in [0.4, 0.5) is 13.2 Å². The molecule has 1 aromatic carbocycles. The minimum atomic E-state index is -4.68. The zero-order chi connectivity index (χ0) is 16.0. The summed E-state index contributed by atoms with van der Waals surface area (Å²) in [5, 5.41) is 8.82.